The summed E-state index contributed by atoms with van der Waals surface area (Å²) >= 11 is 0. The Balaban J connectivity index is 1.69. The van der Waals surface area contributed by atoms with Gasteiger partial charge in [-0.1, -0.05) is 60.7 Å². The zero-order valence-electron chi connectivity index (χ0n) is 19.0. The number of hydrogen-bond acceptors (Lipinski definition) is 8. The van der Waals surface area contributed by atoms with Gasteiger partial charge in [0.2, 0.25) is 11.6 Å². The van der Waals surface area contributed by atoms with E-state index in [0.717, 1.165) is 11.1 Å². The van der Waals surface area contributed by atoms with Crippen molar-refractivity contribution in [2.75, 3.05) is 29.9 Å². The second-order valence-electron chi connectivity index (χ2n) is 8.09. The molecule has 0 saturated carbocycles. The van der Waals surface area contributed by atoms with E-state index in [1.165, 1.54) is 6.33 Å². The quantitative estimate of drug-likeness (QED) is 0.299. The number of nitro groups is 1. The van der Waals surface area contributed by atoms with Gasteiger partial charge in [-0.2, -0.15) is 0 Å². The highest BCUT2D eigenvalue weighted by atomic mass is 16.6. The van der Waals surface area contributed by atoms with E-state index in [2.05, 4.69) is 15.3 Å². The fraction of sp³-hybridized carbons (Fsp3) is 0.320. The normalized spacial score (nSPS) is 15.7. The highest BCUT2D eigenvalue weighted by Gasteiger charge is 2.34. The highest BCUT2D eigenvalue weighted by Crippen LogP contribution is 2.37. The third-order valence-corrected chi connectivity index (χ3v) is 5.87. The monoisotopic (exact) mass is 461 g/mol. The zero-order valence-corrected chi connectivity index (χ0v) is 19.0. The number of nitrogens with one attached hydrogen (secondary N) is 1. The molecule has 3 aromatic rings. The third kappa shape index (κ3) is 5.14. The van der Waals surface area contributed by atoms with Crippen LogP contribution in [0.5, 0.6) is 0 Å². The number of piperidine rings is 1. The lowest BCUT2D eigenvalue weighted by Crippen LogP contribution is -2.40. The average Bonchev–Trinajstić information content (AvgIpc) is 2.88. The highest BCUT2D eigenvalue weighted by molar-refractivity contribution is 5.75. The van der Waals surface area contributed by atoms with Crippen LogP contribution < -0.4 is 10.2 Å². The molecule has 2 heterocycles. The fourth-order valence-corrected chi connectivity index (χ4v) is 4.28. The van der Waals surface area contributed by atoms with Crippen LogP contribution in [0.3, 0.4) is 0 Å². The van der Waals surface area contributed by atoms with E-state index in [9.17, 15) is 14.9 Å². The molecular weight excluding hydrogens is 434 g/mol. The molecule has 9 heteroatoms. The minimum absolute atomic E-state index is 0.131. The van der Waals surface area contributed by atoms with Crippen LogP contribution in [0.25, 0.3) is 0 Å². The maximum absolute atomic E-state index is 12.3. The van der Waals surface area contributed by atoms with E-state index in [1.54, 1.807) is 11.8 Å². The molecular formula is C25H27N5O4. The summed E-state index contributed by atoms with van der Waals surface area (Å²) in [6.45, 7) is 2.95. The van der Waals surface area contributed by atoms with Gasteiger partial charge in [0, 0.05) is 13.1 Å². The lowest BCUT2D eigenvalue weighted by atomic mass is 9.98. The molecule has 4 rings (SSSR count). The first-order valence-electron chi connectivity index (χ1n) is 11.4. The van der Waals surface area contributed by atoms with Crippen LogP contribution in [0.15, 0.2) is 67.0 Å². The average molecular weight is 462 g/mol. The maximum Gasteiger partial charge on any atom is 0.353 e. The SMILES string of the molecule is CCOC(=O)C1CCCN(c2ncnc(NC(c3ccccc3)c3ccccc3)c2[N+](=O)[O-])C1. The molecule has 0 amide bonds. The number of hydrogen-bond donors (Lipinski definition) is 1. The Kier molecular flexibility index (Phi) is 7.31. The number of rotatable bonds is 8. The van der Waals surface area contributed by atoms with E-state index in [-0.39, 0.29) is 35.3 Å². The number of ether oxygens (including phenoxy) is 1. The molecule has 0 spiro atoms. The van der Waals surface area contributed by atoms with E-state index in [4.69, 9.17) is 4.74 Å². The molecule has 1 aliphatic heterocycles. The predicted molar refractivity (Wildman–Crippen MR) is 129 cm³/mol. The van der Waals surface area contributed by atoms with Crippen LogP contribution >= 0.6 is 0 Å². The molecule has 1 unspecified atom stereocenters. The largest absolute Gasteiger partial charge is 0.466 e. The molecule has 1 saturated heterocycles. The molecule has 0 aliphatic carbocycles. The van der Waals surface area contributed by atoms with Crippen LogP contribution in [-0.4, -0.2) is 40.6 Å². The number of benzene rings is 2. The molecule has 1 N–H and O–H groups in total. The minimum atomic E-state index is -0.460. The Morgan fingerprint density at radius 1 is 1.15 bits per heavy atom. The number of carbonyl (C=O) groups is 1. The zero-order chi connectivity index (χ0) is 23.9. The van der Waals surface area contributed by atoms with Crippen molar-refractivity contribution in [3.8, 4) is 0 Å². The van der Waals surface area contributed by atoms with Crippen molar-refractivity contribution >= 4 is 23.3 Å². The standard InChI is InChI=1S/C25H27N5O4/c1-2-34-25(31)20-14-9-15-29(16-20)24-22(30(32)33)23(26-17-27-24)28-21(18-10-5-3-6-11-18)19-12-7-4-8-13-19/h3-8,10-13,17,20-21H,2,9,14-16H2,1H3,(H,26,27,28). The lowest BCUT2D eigenvalue weighted by Gasteiger charge is -2.32. The second-order valence-corrected chi connectivity index (χ2v) is 8.09. The van der Waals surface area contributed by atoms with Crippen LogP contribution in [0, 0.1) is 16.0 Å². The van der Waals surface area contributed by atoms with Gasteiger partial charge in [-0.25, -0.2) is 9.97 Å². The molecule has 1 aromatic heterocycles. The Labute approximate surface area is 198 Å². The van der Waals surface area contributed by atoms with Crippen molar-refractivity contribution in [2.24, 2.45) is 5.92 Å². The molecule has 0 radical (unpaired) electrons. The second kappa shape index (κ2) is 10.7. The maximum atomic E-state index is 12.3. The van der Waals surface area contributed by atoms with Gasteiger partial charge in [0.1, 0.15) is 6.33 Å². The molecule has 2 aromatic carbocycles. The van der Waals surface area contributed by atoms with Crippen molar-refractivity contribution in [1.82, 2.24) is 9.97 Å². The summed E-state index contributed by atoms with van der Waals surface area (Å²) in [5, 5.41) is 15.5. The lowest BCUT2D eigenvalue weighted by molar-refractivity contribution is -0.383. The summed E-state index contributed by atoms with van der Waals surface area (Å²) < 4.78 is 5.17. The van der Waals surface area contributed by atoms with Crippen LogP contribution in [0.1, 0.15) is 36.9 Å². The van der Waals surface area contributed by atoms with Gasteiger partial charge >= 0.3 is 11.7 Å². The van der Waals surface area contributed by atoms with Crippen molar-refractivity contribution in [3.63, 3.8) is 0 Å². The van der Waals surface area contributed by atoms with Gasteiger partial charge < -0.3 is 15.0 Å². The van der Waals surface area contributed by atoms with Crippen LogP contribution in [0.4, 0.5) is 17.3 Å². The minimum Gasteiger partial charge on any atom is -0.466 e. The van der Waals surface area contributed by atoms with Gasteiger partial charge in [0.15, 0.2) is 0 Å². The van der Waals surface area contributed by atoms with Gasteiger partial charge in [-0.05, 0) is 30.9 Å². The summed E-state index contributed by atoms with van der Waals surface area (Å²) in [5.74, 6) is -0.293. The van der Waals surface area contributed by atoms with Crippen molar-refractivity contribution < 1.29 is 14.5 Å². The van der Waals surface area contributed by atoms with E-state index in [0.29, 0.717) is 32.5 Å². The topological polar surface area (TPSA) is 110 Å². The predicted octanol–water partition coefficient (Wildman–Crippen LogP) is 4.37. The number of aromatic nitrogens is 2. The summed E-state index contributed by atoms with van der Waals surface area (Å²) in [7, 11) is 0. The fourth-order valence-electron chi connectivity index (χ4n) is 4.28. The molecule has 1 aliphatic rings. The summed E-state index contributed by atoms with van der Waals surface area (Å²) in [5.41, 5.74) is 1.69. The van der Waals surface area contributed by atoms with Crippen LogP contribution in [-0.2, 0) is 9.53 Å². The van der Waals surface area contributed by atoms with Gasteiger partial charge in [0.05, 0.1) is 23.5 Å². The van der Waals surface area contributed by atoms with Gasteiger partial charge in [-0.15, -0.1) is 0 Å². The summed E-state index contributed by atoms with van der Waals surface area (Å²) in [6, 6.07) is 19.1. The Morgan fingerprint density at radius 3 is 2.38 bits per heavy atom. The Bertz CT molecular complexity index is 1090. The third-order valence-electron chi connectivity index (χ3n) is 5.87. The first-order chi connectivity index (χ1) is 16.6. The van der Waals surface area contributed by atoms with E-state index < -0.39 is 4.92 Å². The van der Waals surface area contributed by atoms with E-state index in [1.807, 2.05) is 60.7 Å². The Morgan fingerprint density at radius 2 is 1.79 bits per heavy atom. The molecule has 1 fully saturated rings. The summed E-state index contributed by atoms with van der Waals surface area (Å²) in [4.78, 5) is 34.4. The Hall–Kier alpha value is -4.01. The molecule has 9 nitrogen and oxygen atoms in total. The molecule has 34 heavy (non-hydrogen) atoms. The molecule has 176 valence electrons. The number of nitrogens with zero attached hydrogens (tertiary/aromatic N) is 4. The van der Waals surface area contributed by atoms with Crippen LogP contribution in [0.2, 0.25) is 0 Å². The first-order valence-corrected chi connectivity index (χ1v) is 11.4. The summed E-state index contributed by atoms with van der Waals surface area (Å²) in [6.07, 6.45) is 2.72. The number of carbonyl (C=O) groups excluding carboxylic acids is 1. The molecule has 1 atom stereocenters. The van der Waals surface area contributed by atoms with Gasteiger partial charge in [-0.3, -0.25) is 14.9 Å². The molecule has 0 bridgehead atoms. The van der Waals surface area contributed by atoms with Gasteiger partial charge in [0.25, 0.3) is 0 Å². The number of anilines is 2. The number of esters is 1. The van der Waals surface area contributed by atoms with Crippen molar-refractivity contribution in [3.05, 3.63) is 88.2 Å². The van der Waals surface area contributed by atoms with Crippen molar-refractivity contribution in [1.29, 1.82) is 0 Å². The smallest absolute Gasteiger partial charge is 0.353 e. The van der Waals surface area contributed by atoms with Crippen molar-refractivity contribution in [2.45, 2.75) is 25.8 Å². The van der Waals surface area contributed by atoms with E-state index >= 15 is 0 Å². The first kappa shape index (κ1) is 23.2.